The molecule has 1 aliphatic carbocycles. The Morgan fingerprint density at radius 2 is 1.57 bits per heavy atom. The molecule has 1 aromatic rings. The summed E-state index contributed by atoms with van der Waals surface area (Å²) in [7, 11) is 3.12. The maximum atomic E-state index is 12.8. The number of hydrogen-bond donors (Lipinski definition) is 1. The summed E-state index contributed by atoms with van der Waals surface area (Å²) in [6, 6.07) is 5.31. The Labute approximate surface area is 172 Å². The molecule has 2 fully saturated rings. The van der Waals surface area contributed by atoms with Gasteiger partial charge < -0.3 is 25.0 Å². The van der Waals surface area contributed by atoms with Crippen molar-refractivity contribution in [2.24, 2.45) is 11.7 Å². The molecule has 1 heterocycles. The fourth-order valence-electron chi connectivity index (χ4n) is 3.94. The van der Waals surface area contributed by atoms with Gasteiger partial charge in [0.05, 0.1) is 14.2 Å². The van der Waals surface area contributed by atoms with Crippen molar-refractivity contribution in [3.05, 3.63) is 23.8 Å². The van der Waals surface area contributed by atoms with E-state index in [2.05, 4.69) is 0 Å². The predicted octanol–water partition coefficient (Wildman–Crippen LogP) is 1.93. The van der Waals surface area contributed by atoms with E-state index in [-0.39, 0.29) is 30.3 Å². The van der Waals surface area contributed by atoms with Gasteiger partial charge in [-0.25, -0.2) is 0 Å². The van der Waals surface area contributed by atoms with E-state index in [1.54, 1.807) is 37.3 Å². The van der Waals surface area contributed by atoms with Gasteiger partial charge in [-0.15, -0.1) is 12.4 Å². The van der Waals surface area contributed by atoms with Crippen LogP contribution in [0.4, 0.5) is 0 Å². The smallest absolute Gasteiger partial charge is 0.254 e. The minimum absolute atomic E-state index is 0. The average Bonchev–Trinajstić information content (AvgIpc) is 3.11. The molecular weight excluding hydrogens is 382 g/mol. The SMILES string of the molecule is COc1cc(OC)cc(C(=O)N2CCN(C(=O)C[C@@H]3CCC[C@H]3N)CC2)c1.Cl. The highest BCUT2D eigenvalue weighted by Gasteiger charge is 2.30. The van der Waals surface area contributed by atoms with Crippen LogP contribution in [0.3, 0.4) is 0 Å². The van der Waals surface area contributed by atoms with Crippen molar-refractivity contribution in [3.63, 3.8) is 0 Å². The van der Waals surface area contributed by atoms with E-state index in [9.17, 15) is 9.59 Å². The summed E-state index contributed by atoms with van der Waals surface area (Å²) in [6.07, 6.45) is 3.71. The first-order valence-electron chi connectivity index (χ1n) is 9.57. The first-order chi connectivity index (χ1) is 13.0. The van der Waals surface area contributed by atoms with Gasteiger partial charge in [0.2, 0.25) is 5.91 Å². The van der Waals surface area contributed by atoms with Crippen molar-refractivity contribution in [3.8, 4) is 11.5 Å². The second kappa shape index (κ2) is 9.98. The summed E-state index contributed by atoms with van der Waals surface area (Å²) in [5.41, 5.74) is 6.62. The highest BCUT2D eigenvalue weighted by Crippen LogP contribution is 2.28. The Kier molecular flexibility index (Phi) is 7.95. The molecule has 7 nitrogen and oxygen atoms in total. The van der Waals surface area contributed by atoms with Gasteiger partial charge in [0.15, 0.2) is 0 Å². The minimum atomic E-state index is -0.0721. The topological polar surface area (TPSA) is 85.1 Å². The zero-order valence-corrected chi connectivity index (χ0v) is 17.4. The van der Waals surface area contributed by atoms with Crippen molar-refractivity contribution >= 4 is 24.2 Å². The third kappa shape index (κ3) is 5.08. The Morgan fingerprint density at radius 3 is 2.07 bits per heavy atom. The number of ether oxygens (including phenoxy) is 2. The van der Waals surface area contributed by atoms with Gasteiger partial charge in [0.25, 0.3) is 5.91 Å². The fraction of sp³-hybridized carbons (Fsp3) is 0.600. The van der Waals surface area contributed by atoms with Crippen molar-refractivity contribution in [2.45, 2.75) is 31.7 Å². The maximum absolute atomic E-state index is 12.8. The monoisotopic (exact) mass is 411 g/mol. The summed E-state index contributed by atoms with van der Waals surface area (Å²) in [5.74, 6) is 1.56. The first kappa shape index (κ1) is 22.3. The molecule has 3 rings (SSSR count). The second-order valence-electron chi connectivity index (χ2n) is 7.33. The number of amides is 2. The summed E-state index contributed by atoms with van der Waals surface area (Å²) in [5, 5.41) is 0. The molecule has 2 atom stereocenters. The lowest BCUT2D eigenvalue weighted by Crippen LogP contribution is -2.51. The number of halogens is 1. The number of nitrogens with two attached hydrogens (primary N) is 1. The van der Waals surface area contributed by atoms with Crippen molar-refractivity contribution in [2.75, 3.05) is 40.4 Å². The van der Waals surface area contributed by atoms with Crippen LogP contribution in [-0.2, 0) is 4.79 Å². The number of rotatable bonds is 5. The van der Waals surface area contributed by atoms with Crippen LogP contribution in [0.25, 0.3) is 0 Å². The molecule has 28 heavy (non-hydrogen) atoms. The third-order valence-electron chi connectivity index (χ3n) is 5.67. The lowest BCUT2D eigenvalue weighted by molar-refractivity contribution is -0.133. The number of methoxy groups -OCH3 is 2. The molecule has 0 spiro atoms. The summed E-state index contributed by atoms with van der Waals surface area (Å²) >= 11 is 0. The zero-order chi connectivity index (χ0) is 19.4. The summed E-state index contributed by atoms with van der Waals surface area (Å²) < 4.78 is 10.5. The van der Waals surface area contributed by atoms with Crippen LogP contribution in [0.2, 0.25) is 0 Å². The van der Waals surface area contributed by atoms with Gasteiger partial charge in [0.1, 0.15) is 11.5 Å². The summed E-state index contributed by atoms with van der Waals surface area (Å²) in [4.78, 5) is 29.0. The van der Waals surface area contributed by atoms with Gasteiger partial charge in [-0.2, -0.15) is 0 Å². The van der Waals surface area contributed by atoms with E-state index in [4.69, 9.17) is 15.2 Å². The van der Waals surface area contributed by atoms with Crippen LogP contribution in [0.1, 0.15) is 36.0 Å². The van der Waals surface area contributed by atoms with Gasteiger partial charge in [-0.1, -0.05) is 6.42 Å². The lowest BCUT2D eigenvalue weighted by atomic mass is 9.99. The minimum Gasteiger partial charge on any atom is -0.497 e. The van der Waals surface area contributed by atoms with Crippen molar-refractivity contribution < 1.29 is 19.1 Å². The molecule has 0 unspecified atom stereocenters. The molecular formula is C20H30ClN3O4. The Balaban J connectivity index is 0.00000280. The molecule has 2 N–H and O–H groups in total. The molecule has 156 valence electrons. The number of carbonyl (C=O) groups excluding carboxylic acids is 2. The van der Waals surface area contributed by atoms with Crippen LogP contribution >= 0.6 is 12.4 Å². The quantitative estimate of drug-likeness (QED) is 0.800. The van der Waals surface area contributed by atoms with E-state index in [0.29, 0.717) is 55.6 Å². The molecule has 2 aliphatic rings. The van der Waals surface area contributed by atoms with Gasteiger partial charge in [0, 0.05) is 50.3 Å². The molecule has 0 aromatic heterocycles. The molecule has 8 heteroatoms. The first-order valence-corrected chi connectivity index (χ1v) is 9.57. The highest BCUT2D eigenvalue weighted by molar-refractivity contribution is 5.95. The van der Waals surface area contributed by atoms with Crippen LogP contribution in [0, 0.1) is 5.92 Å². The molecule has 1 saturated carbocycles. The lowest BCUT2D eigenvalue weighted by Gasteiger charge is -2.35. The number of piperazine rings is 1. The number of nitrogens with zero attached hydrogens (tertiary/aromatic N) is 2. The molecule has 1 aliphatic heterocycles. The summed E-state index contributed by atoms with van der Waals surface area (Å²) in [6.45, 7) is 2.18. The predicted molar refractivity (Wildman–Crippen MR) is 109 cm³/mol. The number of benzene rings is 1. The third-order valence-corrected chi connectivity index (χ3v) is 5.67. The fourth-order valence-corrected chi connectivity index (χ4v) is 3.94. The molecule has 0 radical (unpaired) electrons. The maximum Gasteiger partial charge on any atom is 0.254 e. The Morgan fingerprint density at radius 1 is 1.00 bits per heavy atom. The van der Waals surface area contributed by atoms with Gasteiger partial charge >= 0.3 is 0 Å². The molecule has 1 saturated heterocycles. The van der Waals surface area contributed by atoms with Crippen LogP contribution in [-0.4, -0.2) is 68.1 Å². The van der Waals surface area contributed by atoms with Crippen molar-refractivity contribution in [1.29, 1.82) is 0 Å². The van der Waals surface area contributed by atoms with E-state index in [1.165, 1.54) is 0 Å². The highest BCUT2D eigenvalue weighted by atomic mass is 35.5. The van der Waals surface area contributed by atoms with Gasteiger partial charge in [-0.05, 0) is 30.9 Å². The van der Waals surface area contributed by atoms with E-state index >= 15 is 0 Å². The van der Waals surface area contributed by atoms with Crippen LogP contribution < -0.4 is 15.2 Å². The zero-order valence-electron chi connectivity index (χ0n) is 16.6. The van der Waals surface area contributed by atoms with E-state index in [0.717, 1.165) is 19.3 Å². The van der Waals surface area contributed by atoms with Crippen LogP contribution in [0.5, 0.6) is 11.5 Å². The van der Waals surface area contributed by atoms with Crippen molar-refractivity contribution in [1.82, 2.24) is 9.80 Å². The normalized spacial score (nSPS) is 21.8. The molecule has 0 bridgehead atoms. The Hall–Kier alpha value is -1.99. The number of hydrogen-bond acceptors (Lipinski definition) is 5. The van der Waals surface area contributed by atoms with Crippen LogP contribution in [0.15, 0.2) is 18.2 Å². The average molecular weight is 412 g/mol. The van der Waals surface area contributed by atoms with E-state index < -0.39 is 0 Å². The Bertz CT molecular complexity index is 670. The molecule has 2 amide bonds. The largest absolute Gasteiger partial charge is 0.497 e. The number of carbonyl (C=O) groups is 2. The second-order valence-corrected chi connectivity index (χ2v) is 7.33. The standard InChI is InChI=1S/C20H29N3O4.ClH/c1-26-16-10-15(11-17(13-16)27-2)20(25)23-8-6-22(7-9-23)19(24)12-14-4-3-5-18(14)21;/h10-11,13-14,18H,3-9,12,21H2,1-2H3;1H/t14-,18+;/m0./s1. The molecule has 1 aromatic carbocycles. The van der Waals surface area contributed by atoms with E-state index in [1.807, 2.05) is 4.90 Å². The van der Waals surface area contributed by atoms with Gasteiger partial charge in [-0.3, -0.25) is 9.59 Å².